The zero-order chi connectivity index (χ0) is 17.2. The van der Waals surface area contributed by atoms with Gasteiger partial charge in [-0.05, 0) is 19.1 Å². The van der Waals surface area contributed by atoms with Crippen LogP contribution in [0, 0.1) is 6.92 Å². The Morgan fingerprint density at radius 2 is 1.91 bits per heavy atom. The van der Waals surface area contributed by atoms with Crippen LogP contribution in [-0.4, -0.2) is 24.0 Å². The molecule has 0 saturated carbocycles. The third-order valence-electron chi connectivity index (χ3n) is 2.86. The van der Waals surface area contributed by atoms with Crippen molar-refractivity contribution in [3.8, 4) is 0 Å². The molecule has 1 amide bonds. The normalized spacial score (nSPS) is 11.2. The van der Waals surface area contributed by atoms with E-state index in [0.29, 0.717) is 5.69 Å². The molecule has 9 heteroatoms. The zero-order valence-corrected chi connectivity index (χ0v) is 12.8. The molecule has 2 aromatic rings. The van der Waals surface area contributed by atoms with Crippen molar-refractivity contribution in [1.82, 2.24) is 4.98 Å². The third-order valence-corrected chi connectivity index (χ3v) is 3.92. The minimum absolute atomic E-state index is 0.0184. The van der Waals surface area contributed by atoms with Gasteiger partial charge >= 0.3 is 12.1 Å². The lowest BCUT2D eigenvalue weighted by atomic mass is 10.1. The highest BCUT2D eigenvalue weighted by Crippen LogP contribution is 2.32. The van der Waals surface area contributed by atoms with Gasteiger partial charge in [0.1, 0.15) is 4.88 Å². The topological polar surface area (TPSA) is 68.3 Å². The molecule has 0 aliphatic rings. The first-order valence-corrected chi connectivity index (χ1v) is 7.09. The summed E-state index contributed by atoms with van der Waals surface area (Å²) in [6.45, 7) is 1.53. The molecule has 0 radical (unpaired) electrons. The molecule has 0 saturated heterocycles. The summed E-state index contributed by atoms with van der Waals surface area (Å²) in [5, 5.41) is 2.29. The number of carbonyl (C=O) groups is 2. The lowest BCUT2D eigenvalue weighted by Gasteiger charge is -2.11. The largest absolute Gasteiger partial charge is 0.465 e. The third kappa shape index (κ3) is 3.67. The summed E-state index contributed by atoms with van der Waals surface area (Å²) in [6.07, 6.45) is -4.65. The SMILES string of the molecule is COC(=O)c1sc(NC(=O)c2ccccc2C(F)(F)F)nc1C. The van der Waals surface area contributed by atoms with E-state index in [2.05, 4.69) is 15.0 Å². The molecule has 0 bridgehead atoms. The second-order valence-corrected chi connectivity index (χ2v) is 5.42. The number of aromatic nitrogens is 1. The Bertz CT molecular complexity index is 756. The van der Waals surface area contributed by atoms with Crippen LogP contribution < -0.4 is 5.32 Å². The summed E-state index contributed by atoms with van der Waals surface area (Å²) in [5.74, 6) is -1.58. The van der Waals surface area contributed by atoms with Crippen molar-refractivity contribution in [2.75, 3.05) is 12.4 Å². The first-order valence-electron chi connectivity index (χ1n) is 6.27. The van der Waals surface area contributed by atoms with Gasteiger partial charge in [0, 0.05) is 0 Å². The van der Waals surface area contributed by atoms with Crippen LogP contribution in [0.2, 0.25) is 0 Å². The maximum Gasteiger partial charge on any atom is 0.417 e. The quantitative estimate of drug-likeness (QED) is 0.865. The fraction of sp³-hybridized carbons (Fsp3) is 0.214. The summed E-state index contributed by atoms with van der Waals surface area (Å²) >= 11 is 0.830. The van der Waals surface area contributed by atoms with E-state index in [1.165, 1.54) is 26.2 Å². The summed E-state index contributed by atoms with van der Waals surface area (Å²) in [7, 11) is 1.19. The van der Waals surface area contributed by atoms with Crippen molar-refractivity contribution in [1.29, 1.82) is 0 Å². The van der Waals surface area contributed by atoms with Gasteiger partial charge in [0.25, 0.3) is 5.91 Å². The number of aryl methyl sites for hydroxylation is 1. The number of methoxy groups -OCH3 is 1. The van der Waals surface area contributed by atoms with E-state index in [-0.39, 0.29) is 10.0 Å². The number of carbonyl (C=O) groups excluding carboxylic acids is 2. The van der Waals surface area contributed by atoms with Crippen molar-refractivity contribution in [3.63, 3.8) is 0 Å². The maximum atomic E-state index is 12.9. The highest BCUT2D eigenvalue weighted by Gasteiger charge is 2.35. The van der Waals surface area contributed by atoms with Gasteiger partial charge in [0.05, 0.1) is 23.9 Å². The first kappa shape index (κ1) is 16.9. The Morgan fingerprint density at radius 3 is 2.52 bits per heavy atom. The number of halogens is 3. The Morgan fingerprint density at radius 1 is 1.26 bits per heavy atom. The Balaban J connectivity index is 2.29. The number of ether oxygens (including phenoxy) is 1. The van der Waals surface area contributed by atoms with E-state index in [1.807, 2.05) is 0 Å². The van der Waals surface area contributed by atoms with Gasteiger partial charge in [0.15, 0.2) is 5.13 Å². The number of thiazole rings is 1. The molecule has 1 aromatic heterocycles. The first-order chi connectivity index (χ1) is 10.7. The summed E-state index contributed by atoms with van der Waals surface area (Å²) in [5.41, 5.74) is -1.24. The Kier molecular flexibility index (Phi) is 4.69. The number of benzene rings is 1. The Hall–Kier alpha value is -2.42. The highest BCUT2D eigenvalue weighted by molar-refractivity contribution is 7.17. The lowest BCUT2D eigenvalue weighted by Crippen LogP contribution is -2.18. The van der Waals surface area contributed by atoms with Crippen LogP contribution in [-0.2, 0) is 10.9 Å². The van der Waals surface area contributed by atoms with Crippen molar-refractivity contribution < 1.29 is 27.5 Å². The number of anilines is 1. The van der Waals surface area contributed by atoms with Crippen molar-refractivity contribution >= 4 is 28.3 Å². The molecule has 2 rings (SSSR count). The van der Waals surface area contributed by atoms with Gasteiger partial charge in [-0.15, -0.1) is 0 Å². The van der Waals surface area contributed by atoms with Gasteiger partial charge in [-0.1, -0.05) is 23.5 Å². The molecule has 0 unspecified atom stereocenters. The van der Waals surface area contributed by atoms with Gasteiger partial charge in [-0.2, -0.15) is 13.2 Å². The number of alkyl halides is 3. The van der Waals surface area contributed by atoms with E-state index in [1.54, 1.807) is 0 Å². The number of nitrogens with zero attached hydrogens (tertiary/aromatic N) is 1. The van der Waals surface area contributed by atoms with Crippen molar-refractivity contribution in [2.45, 2.75) is 13.1 Å². The molecule has 0 spiro atoms. The average Bonchev–Trinajstić information content (AvgIpc) is 2.86. The maximum absolute atomic E-state index is 12.9. The van der Waals surface area contributed by atoms with E-state index in [4.69, 9.17) is 0 Å². The molecule has 23 heavy (non-hydrogen) atoms. The van der Waals surface area contributed by atoms with Gasteiger partial charge in [0.2, 0.25) is 0 Å². The molecule has 5 nitrogen and oxygen atoms in total. The molecule has 1 heterocycles. The van der Waals surface area contributed by atoms with Crippen molar-refractivity contribution in [2.24, 2.45) is 0 Å². The number of amides is 1. The second-order valence-electron chi connectivity index (χ2n) is 4.42. The molecule has 1 N–H and O–H groups in total. The predicted molar refractivity (Wildman–Crippen MR) is 77.6 cm³/mol. The molecule has 0 aliphatic carbocycles. The molecule has 0 fully saturated rings. The molecule has 122 valence electrons. The average molecular weight is 344 g/mol. The molecule has 0 aliphatic heterocycles. The minimum atomic E-state index is -4.65. The zero-order valence-electron chi connectivity index (χ0n) is 12.0. The second kappa shape index (κ2) is 6.37. The number of rotatable bonds is 3. The van der Waals surface area contributed by atoms with Crippen molar-refractivity contribution in [3.05, 3.63) is 46.0 Å². The van der Waals surface area contributed by atoms with Crippen LogP contribution in [0.3, 0.4) is 0 Å². The molecular weight excluding hydrogens is 333 g/mol. The summed E-state index contributed by atoms with van der Waals surface area (Å²) < 4.78 is 43.3. The van der Waals surface area contributed by atoms with Crippen LogP contribution in [0.15, 0.2) is 24.3 Å². The van der Waals surface area contributed by atoms with Gasteiger partial charge in [-0.3, -0.25) is 10.1 Å². The van der Waals surface area contributed by atoms with Crippen LogP contribution in [0.5, 0.6) is 0 Å². The summed E-state index contributed by atoms with van der Waals surface area (Å²) in [6, 6.07) is 4.42. The highest BCUT2D eigenvalue weighted by atomic mass is 32.1. The minimum Gasteiger partial charge on any atom is -0.465 e. The molecular formula is C14H11F3N2O3S. The Labute approximate surface area is 133 Å². The molecule has 0 atom stereocenters. The molecule has 1 aromatic carbocycles. The lowest BCUT2D eigenvalue weighted by molar-refractivity contribution is -0.137. The van der Waals surface area contributed by atoms with Gasteiger partial charge < -0.3 is 4.74 Å². The van der Waals surface area contributed by atoms with E-state index >= 15 is 0 Å². The van der Waals surface area contributed by atoms with E-state index in [0.717, 1.165) is 23.5 Å². The fourth-order valence-electron chi connectivity index (χ4n) is 1.82. The number of esters is 1. The number of nitrogens with one attached hydrogen (secondary N) is 1. The number of hydrogen-bond acceptors (Lipinski definition) is 5. The smallest absolute Gasteiger partial charge is 0.417 e. The van der Waals surface area contributed by atoms with E-state index < -0.39 is 29.2 Å². The van der Waals surface area contributed by atoms with Crippen LogP contribution in [0.4, 0.5) is 18.3 Å². The standard InChI is InChI=1S/C14H11F3N2O3S/c1-7-10(12(21)22-2)23-13(18-7)19-11(20)8-5-3-4-6-9(8)14(15,16)17/h3-6H,1-2H3,(H,18,19,20). The van der Waals surface area contributed by atoms with Crippen LogP contribution in [0.25, 0.3) is 0 Å². The number of hydrogen-bond donors (Lipinski definition) is 1. The van der Waals surface area contributed by atoms with Gasteiger partial charge in [-0.25, -0.2) is 9.78 Å². The van der Waals surface area contributed by atoms with Crippen LogP contribution >= 0.6 is 11.3 Å². The monoisotopic (exact) mass is 344 g/mol. The van der Waals surface area contributed by atoms with Crippen LogP contribution in [0.1, 0.15) is 31.3 Å². The fourth-order valence-corrected chi connectivity index (χ4v) is 2.70. The van der Waals surface area contributed by atoms with E-state index in [9.17, 15) is 22.8 Å². The summed E-state index contributed by atoms with van der Waals surface area (Å²) in [4.78, 5) is 27.7. The predicted octanol–water partition coefficient (Wildman–Crippen LogP) is 3.51.